The SMILES string of the molecule is CCNC(=NCCCn1cc(C)cn1)N1CCN(c2ccccc2O)CC1. The van der Waals surface area contributed by atoms with Crippen molar-refractivity contribution in [3.8, 4) is 5.75 Å². The molecule has 2 aromatic rings. The molecule has 0 bridgehead atoms. The number of nitrogens with zero attached hydrogens (tertiary/aromatic N) is 5. The highest BCUT2D eigenvalue weighted by molar-refractivity contribution is 5.80. The van der Waals surface area contributed by atoms with Gasteiger partial charge in [0, 0.05) is 52.0 Å². The second kappa shape index (κ2) is 9.30. The highest BCUT2D eigenvalue weighted by Crippen LogP contribution is 2.27. The summed E-state index contributed by atoms with van der Waals surface area (Å²) in [6, 6.07) is 7.54. The Morgan fingerprint density at radius 1 is 1.22 bits per heavy atom. The first-order chi connectivity index (χ1) is 13.2. The molecule has 27 heavy (non-hydrogen) atoms. The Morgan fingerprint density at radius 2 is 2.00 bits per heavy atom. The number of aromatic hydroxyl groups is 1. The molecule has 7 nitrogen and oxygen atoms in total. The first-order valence-corrected chi connectivity index (χ1v) is 9.72. The summed E-state index contributed by atoms with van der Waals surface area (Å²) in [6.07, 6.45) is 4.92. The van der Waals surface area contributed by atoms with Crippen molar-refractivity contribution in [1.29, 1.82) is 0 Å². The van der Waals surface area contributed by atoms with Crippen LogP contribution in [0.4, 0.5) is 5.69 Å². The zero-order valence-corrected chi connectivity index (χ0v) is 16.3. The van der Waals surface area contributed by atoms with Gasteiger partial charge in [0.15, 0.2) is 5.96 Å². The summed E-state index contributed by atoms with van der Waals surface area (Å²) in [5.74, 6) is 1.33. The molecule has 0 spiro atoms. The molecule has 2 heterocycles. The number of hydrogen-bond donors (Lipinski definition) is 2. The molecule has 0 amide bonds. The van der Waals surface area contributed by atoms with E-state index in [-0.39, 0.29) is 0 Å². The third-order valence-electron chi connectivity index (χ3n) is 4.71. The third kappa shape index (κ3) is 5.15. The first kappa shape index (κ1) is 19.1. The molecule has 1 aromatic carbocycles. The molecule has 7 heteroatoms. The maximum absolute atomic E-state index is 10.1. The topological polar surface area (TPSA) is 68.9 Å². The zero-order valence-electron chi connectivity index (χ0n) is 16.3. The van der Waals surface area contributed by atoms with Crippen LogP contribution in [0.25, 0.3) is 0 Å². The number of rotatable bonds is 6. The van der Waals surface area contributed by atoms with Crippen LogP contribution in [0.15, 0.2) is 41.7 Å². The molecule has 1 saturated heterocycles. The van der Waals surface area contributed by atoms with Crippen molar-refractivity contribution in [2.24, 2.45) is 4.99 Å². The van der Waals surface area contributed by atoms with Gasteiger partial charge in [0.1, 0.15) is 5.75 Å². The van der Waals surface area contributed by atoms with Crippen LogP contribution < -0.4 is 10.2 Å². The molecular formula is C20H30N6O. The number of anilines is 1. The molecule has 0 aliphatic carbocycles. The normalized spacial score (nSPS) is 15.3. The second-order valence-electron chi connectivity index (χ2n) is 6.83. The van der Waals surface area contributed by atoms with Gasteiger partial charge in [0.05, 0.1) is 11.9 Å². The molecule has 3 rings (SSSR count). The van der Waals surface area contributed by atoms with E-state index < -0.39 is 0 Å². The third-order valence-corrected chi connectivity index (χ3v) is 4.71. The van der Waals surface area contributed by atoms with Crippen LogP contribution in [0, 0.1) is 6.92 Å². The summed E-state index contributed by atoms with van der Waals surface area (Å²) in [6.45, 7) is 10.2. The van der Waals surface area contributed by atoms with Crippen LogP contribution in [0.3, 0.4) is 0 Å². The van der Waals surface area contributed by atoms with Crippen molar-refractivity contribution in [2.45, 2.75) is 26.8 Å². The van der Waals surface area contributed by atoms with Crippen molar-refractivity contribution in [2.75, 3.05) is 44.2 Å². The fourth-order valence-corrected chi connectivity index (χ4v) is 3.32. The minimum Gasteiger partial charge on any atom is -0.506 e. The fraction of sp³-hybridized carbons (Fsp3) is 0.500. The van der Waals surface area contributed by atoms with Crippen LogP contribution in [0.5, 0.6) is 5.75 Å². The van der Waals surface area contributed by atoms with Gasteiger partial charge in [-0.05, 0) is 38.0 Å². The summed E-state index contributed by atoms with van der Waals surface area (Å²) in [7, 11) is 0. The van der Waals surface area contributed by atoms with Gasteiger partial charge in [0.2, 0.25) is 0 Å². The molecule has 0 saturated carbocycles. The molecule has 1 aliphatic rings. The van der Waals surface area contributed by atoms with E-state index in [9.17, 15) is 5.11 Å². The fourth-order valence-electron chi connectivity index (χ4n) is 3.32. The Morgan fingerprint density at radius 3 is 2.67 bits per heavy atom. The summed E-state index contributed by atoms with van der Waals surface area (Å²) in [4.78, 5) is 9.33. The molecule has 2 N–H and O–H groups in total. The Kier molecular flexibility index (Phi) is 6.57. The first-order valence-electron chi connectivity index (χ1n) is 9.72. The van der Waals surface area contributed by atoms with Crippen LogP contribution >= 0.6 is 0 Å². The molecular weight excluding hydrogens is 340 g/mol. The molecule has 1 aromatic heterocycles. The van der Waals surface area contributed by atoms with E-state index in [1.54, 1.807) is 6.07 Å². The molecule has 146 valence electrons. The lowest BCUT2D eigenvalue weighted by molar-refractivity contribution is 0.369. The van der Waals surface area contributed by atoms with E-state index in [0.29, 0.717) is 5.75 Å². The average molecular weight is 371 g/mol. The zero-order chi connectivity index (χ0) is 19.1. The predicted molar refractivity (Wildman–Crippen MR) is 109 cm³/mol. The number of phenols is 1. The number of para-hydroxylation sites is 2. The monoisotopic (exact) mass is 370 g/mol. The van der Waals surface area contributed by atoms with Crippen molar-refractivity contribution < 1.29 is 5.11 Å². The number of aliphatic imine (C=N–C) groups is 1. The number of aryl methyl sites for hydroxylation is 2. The molecule has 1 fully saturated rings. The highest BCUT2D eigenvalue weighted by Gasteiger charge is 2.21. The summed E-state index contributed by atoms with van der Waals surface area (Å²) >= 11 is 0. The quantitative estimate of drug-likeness (QED) is 0.463. The Balaban J connectivity index is 1.52. The van der Waals surface area contributed by atoms with E-state index in [2.05, 4.69) is 40.3 Å². The number of nitrogens with one attached hydrogen (secondary N) is 1. The highest BCUT2D eigenvalue weighted by atomic mass is 16.3. The van der Waals surface area contributed by atoms with Gasteiger partial charge < -0.3 is 20.2 Å². The lowest BCUT2D eigenvalue weighted by Gasteiger charge is -2.37. The number of aromatic nitrogens is 2. The van der Waals surface area contributed by atoms with Crippen LogP contribution in [-0.2, 0) is 6.54 Å². The van der Waals surface area contributed by atoms with Gasteiger partial charge in [-0.1, -0.05) is 12.1 Å². The van der Waals surface area contributed by atoms with Crippen molar-refractivity contribution in [3.63, 3.8) is 0 Å². The number of benzene rings is 1. The van der Waals surface area contributed by atoms with Gasteiger partial charge >= 0.3 is 0 Å². The molecule has 0 radical (unpaired) electrons. The smallest absolute Gasteiger partial charge is 0.194 e. The maximum Gasteiger partial charge on any atom is 0.194 e. The second-order valence-corrected chi connectivity index (χ2v) is 6.83. The predicted octanol–water partition coefficient (Wildman–Crippen LogP) is 2.07. The van der Waals surface area contributed by atoms with Gasteiger partial charge in [-0.2, -0.15) is 5.10 Å². The van der Waals surface area contributed by atoms with E-state index in [0.717, 1.165) is 63.9 Å². The number of hydrogen-bond acceptors (Lipinski definition) is 4. The average Bonchev–Trinajstić information content (AvgIpc) is 3.10. The molecule has 0 unspecified atom stereocenters. The summed E-state index contributed by atoms with van der Waals surface area (Å²) < 4.78 is 1.98. The molecule has 0 atom stereocenters. The largest absolute Gasteiger partial charge is 0.506 e. The van der Waals surface area contributed by atoms with Crippen LogP contribution in [-0.4, -0.2) is 65.0 Å². The van der Waals surface area contributed by atoms with E-state index in [1.165, 1.54) is 5.56 Å². The summed E-state index contributed by atoms with van der Waals surface area (Å²) in [5, 5.41) is 17.8. The number of guanidine groups is 1. The standard InChI is InChI=1S/C20H30N6O/c1-3-21-20(22-9-6-10-26-16-17(2)15-23-26)25-13-11-24(12-14-25)18-7-4-5-8-19(18)27/h4-5,7-8,15-16,27H,3,6,9-14H2,1-2H3,(H,21,22). The van der Waals surface area contributed by atoms with Crippen molar-refractivity contribution in [3.05, 3.63) is 42.2 Å². The number of phenolic OH excluding ortho intramolecular Hbond substituents is 1. The maximum atomic E-state index is 10.1. The Labute approximate surface area is 161 Å². The van der Waals surface area contributed by atoms with E-state index in [4.69, 9.17) is 4.99 Å². The Hall–Kier alpha value is -2.70. The van der Waals surface area contributed by atoms with Gasteiger partial charge in [-0.25, -0.2) is 0 Å². The van der Waals surface area contributed by atoms with Crippen molar-refractivity contribution >= 4 is 11.6 Å². The summed E-state index contributed by atoms with van der Waals surface area (Å²) in [5.41, 5.74) is 2.10. The van der Waals surface area contributed by atoms with Crippen LogP contribution in [0.1, 0.15) is 18.9 Å². The minimum absolute atomic E-state index is 0.348. The lowest BCUT2D eigenvalue weighted by Crippen LogP contribution is -2.52. The van der Waals surface area contributed by atoms with Crippen LogP contribution in [0.2, 0.25) is 0 Å². The lowest BCUT2D eigenvalue weighted by atomic mass is 10.2. The number of piperazine rings is 1. The minimum atomic E-state index is 0.348. The van der Waals surface area contributed by atoms with Gasteiger partial charge in [-0.15, -0.1) is 0 Å². The van der Waals surface area contributed by atoms with Gasteiger partial charge in [-0.3, -0.25) is 9.67 Å². The van der Waals surface area contributed by atoms with E-state index in [1.807, 2.05) is 29.1 Å². The van der Waals surface area contributed by atoms with E-state index >= 15 is 0 Å². The van der Waals surface area contributed by atoms with Gasteiger partial charge in [0.25, 0.3) is 0 Å². The van der Waals surface area contributed by atoms with Crippen molar-refractivity contribution in [1.82, 2.24) is 20.0 Å². The molecule has 1 aliphatic heterocycles. The Bertz CT molecular complexity index is 748.